The molecule has 72 valence electrons. The van der Waals surface area contributed by atoms with Crippen LogP contribution in [-0.2, 0) is 6.54 Å². The molecule has 2 heterocycles. The average Bonchev–Trinajstić information content (AvgIpc) is 2.69. The van der Waals surface area contributed by atoms with Gasteiger partial charge in [0.2, 0.25) is 0 Å². The van der Waals surface area contributed by atoms with Gasteiger partial charge in [-0.1, -0.05) is 6.07 Å². The summed E-state index contributed by atoms with van der Waals surface area (Å²) < 4.78 is 0. The second kappa shape index (κ2) is 3.91. The number of rotatable bonds is 3. The van der Waals surface area contributed by atoms with Gasteiger partial charge in [-0.3, -0.25) is 5.10 Å². The minimum atomic E-state index is 0.744. The number of aromatic amines is 1. The van der Waals surface area contributed by atoms with E-state index in [2.05, 4.69) is 20.5 Å². The maximum atomic E-state index is 4.24. The number of aryl methyl sites for hydroxylation is 1. The number of hydrogen-bond acceptors (Lipinski definition) is 3. The van der Waals surface area contributed by atoms with Crippen molar-refractivity contribution in [3.63, 3.8) is 0 Å². The lowest BCUT2D eigenvalue weighted by Gasteiger charge is -2.05. The van der Waals surface area contributed by atoms with Crippen molar-refractivity contribution < 1.29 is 0 Å². The van der Waals surface area contributed by atoms with Crippen LogP contribution >= 0.6 is 0 Å². The molecule has 14 heavy (non-hydrogen) atoms. The molecule has 0 unspecified atom stereocenters. The van der Waals surface area contributed by atoms with Gasteiger partial charge in [0.1, 0.15) is 5.82 Å². The average molecular weight is 188 g/mol. The van der Waals surface area contributed by atoms with E-state index in [1.54, 1.807) is 12.4 Å². The number of hydrogen-bond donors (Lipinski definition) is 2. The highest BCUT2D eigenvalue weighted by molar-refractivity contribution is 5.42. The maximum Gasteiger partial charge on any atom is 0.129 e. The molecule has 0 aliphatic carbocycles. The second-order valence-electron chi connectivity index (χ2n) is 3.13. The van der Waals surface area contributed by atoms with E-state index in [4.69, 9.17) is 0 Å². The Morgan fingerprint density at radius 1 is 1.50 bits per heavy atom. The monoisotopic (exact) mass is 188 g/mol. The van der Waals surface area contributed by atoms with Gasteiger partial charge < -0.3 is 5.32 Å². The van der Waals surface area contributed by atoms with Crippen LogP contribution in [0.4, 0.5) is 5.82 Å². The summed E-state index contributed by atoms with van der Waals surface area (Å²) in [6.07, 6.45) is 5.45. The first-order valence-corrected chi connectivity index (χ1v) is 4.49. The van der Waals surface area contributed by atoms with Crippen LogP contribution in [0.25, 0.3) is 0 Å². The fourth-order valence-corrected chi connectivity index (χ4v) is 1.23. The van der Waals surface area contributed by atoms with Crippen molar-refractivity contribution in [3.8, 4) is 0 Å². The van der Waals surface area contributed by atoms with Crippen LogP contribution in [0.1, 0.15) is 11.1 Å². The standard InChI is InChI=1S/C10H12N4/c1-8-3-2-4-11-10(8)12-5-9-6-13-14-7-9/h2-4,6-7H,5H2,1H3,(H,11,12)(H,13,14). The molecule has 0 aromatic carbocycles. The van der Waals surface area contributed by atoms with Crippen LogP contribution in [0.3, 0.4) is 0 Å². The molecular formula is C10H12N4. The van der Waals surface area contributed by atoms with Crippen LogP contribution in [-0.4, -0.2) is 15.2 Å². The molecule has 0 amide bonds. The molecule has 0 atom stereocenters. The molecule has 0 bridgehead atoms. The molecule has 0 aliphatic rings. The summed E-state index contributed by atoms with van der Waals surface area (Å²) in [6, 6.07) is 3.96. The molecule has 4 heteroatoms. The normalized spacial score (nSPS) is 10.1. The van der Waals surface area contributed by atoms with Crippen molar-refractivity contribution in [2.24, 2.45) is 0 Å². The lowest BCUT2D eigenvalue weighted by molar-refractivity contribution is 1.09. The van der Waals surface area contributed by atoms with Gasteiger partial charge in [0.05, 0.1) is 6.20 Å². The Bertz CT molecular complexity index is 394. The van der Waals surface area contributed by atoms with Crippen molar-refractivity contribution >= 4 is 5.82 Å². The van der Waals surface area contributed by atoms with Gasteiger partial charge in [-0.15, -0.1) is 0 Å². The van der Waals surface area contributed by atoms with Gasteiger partial charge in [-0.05, 0) is 18.6 Å². The second-order valence-corrected chi connectivity index (χ2v) is 3.13. The Morgan fingerprint density at radius 3 is 3.14 bits per heavy atom. The van der Waals surface area contributed by atoms with E-state index in [9.17, 15) is 0 Å². The van der Waals surface area contributed by atoms with Gasteiger partial charge in [0, 0.05) is 24.5 Å². The van der Waals surface area contributed by atoms with E-state index in [1.807, 2.05) is 25.3 Å². The number of nitrogens with one attached hydrogen (secondary N) is 2. The number of pyridine rings is 1. The molecule has 0 spiro atoms. The first-order valence-electron chi connectivity index (χ1n) is 4.49. The topological polar surface area (TPSA) is 53.6 Å². The van der Waals surface area contributed by atoms with Crippen LogP contribution in [0.2, 0.25) is 0 Å². The Morgan fingerprint density at radius 2 is 2.43 bits per heavy atom. The zero-order chi connectivity index (χ0) is 9.80. The molecule has 0 saturated heterocycles. The highest BCUT2D eigenvalue weighted by Crippen LogP contribution is 2.10. The summed E-state index contributed by atoms with van der Waals surface area (Å²) in [6.45, 7) is 2.78. The van der Waals surface area contributed by atoms with E-state index in [0.717, 1.165) is 23.5 Å². The van der Waals surface area contributed by atoms with Crippen molar-refractivity contribution in [3.05, 3.63) is 41.9 Å². The summed E-state index contributed by atoms with van der Waals surface area (Å²) in [7, 11) is 0. The fourth-order valence-electron chi connectivity index (χ4n) is 1.23. The molecule has 4 nitrogen and oxygen atoms in total. The third-order valence-electron chi connectivity index (χ3n) is 2.02. The van der Waals surface area contributed by atoms with Crippen molar-refractivity contribution in [2.75, 3.05) is 5.32 Å². The van der Waals surface area contributed by atoms with Crippen molar-refractivity contribution in [2.45, 2.75) is 13.5 Å². The van der Waals surface area contributed by atoms with E-state index < -0.39 is 0 Å². The molecule has 0 saturated carbocycles. The Labute approximate surface area is 82.4 Å². The van der Waals surface area contributed by atoms with Gasteiger partial charge in [0.15, 0.2) is 0 Å². The minimum Gasteiger partial charge on any atom is -0.366 e. The lowest BCUT2D eigenvalue weighted by Crippen LogP contribution is -2.01. The van der Waals surface area contributed by atoms with E-state index >= 15 is 0 Å². The van der Waals surface area contributed by atoms with E-state index in [0.29, 0.717) is 0 Å². The number of nitrogens with zero attached hydrogens (tertiary/aromatic N) is 2. The molecule has 2 aromatic rings. The minimum absolute atomic E-state index is 0.744. The molecule has 2 aromatic heterocycles. The lowest BCUT2D eigenvalue weighted by atomic mass is 10.3. The maximum absolute atomic E-state index is 4.24. The molecular weight excluding hydrogens is 176 g/mol. The number of aromatic nitrogens is 3. The first-order chi connectivity index (χ1) is 6.86. The third-order valence-corrected chi connectivity index (χ3v) is 2.02. The quantitative estimate of drug-likeness (QED) is 0.771. The number of anilines is 1. The zero-order valence-corrected chi connectivity index (χ0v) is 7.99. The number of H-pyrrole nitrogens is 1. The van der Waals surface area contributed by atoms with Crippen LogP contribution < -0.4 is 5.32 Å². The van der Waals surface area contributed by atoms with Crippen LogP contribution in [0.15, 0.2) is 30.7 Å². The van der Waals surface area contributed by atoms with E-state index in [-0.39, 0.29) is 0 Å². The Hall–Kier alpha value is -1.84. The third kappa shape index (κ3) is 1.90. The predicted molar refractivity (Wildman–Crippen MR) is 54.9 cm³/mol. The molecule has 2 rings (SSSR count). The Kier molecular flexibility index (Phi) is 2.44. The smallest absolute Gasteiger partial charge is 0.129 e. The van der Waals surface area contributed by atoms with Gasteiger partial charge in [-0.2, -0.15) is 5.10 Å². The van der Waals surface area contributed by atoms with Gasteiger partial charge >= 0.3 is 0 Å². The van der Waals surface area contributed by atoms with Crippen molar-refractivity contribution in [1.29, 1.82) is 0 Å². The van der Waals surface area contributed by atoms with Crippen LogP contribution in [0.5, 0.6) is 0 Å². The molecule has 0 fully saturated rings. The summed E-state index contributed by atoms with van der Waals surface area (Å²) >= 11 is 0. The van der Waals surface area contributed by atoms with Gasteiger partial charge in [0.25, 0.3) is 0 Å². The van der Waals surface area contributed by atoms with Crippen LogP contribution in [0, 0.1) is 6.92 Å². The first kappa shape index (κ1) is 8.74. The summed E-state index contributed by atoms with van der Waals surface area (Å²) in [5.41, 5.74) is 2.27. The summed E-state index contributed by atoms with van der Waals surface area (Å²) in [5, 5.41) is 9.89. The SMILES string of the molecule is Cc1cccnc1NCc1cn[nH]c1. The van der Waals surface area contributed by atoms with Crippen molar-refractivity contribution in [1.82, 2.24) is 15.2 Å². The summed E-state index contributed by atoms with van der Waals surface area (Å²) in [4.78, 5) is 4.24. The Balaban J connectivity index is 2.02. The molecule has 2 N–H and O–H groups in total. The van der Waals surface area contributed by atoms with E-state index in [1.165, 1.54) is 0 Å². The highest BCUT2D eigenvalue weighted by atomic mass is 15.1. The fraction of sp³-hybridized carbons (Fsp3) is 0.200. The molecule has 0 radical (unpaired) electrons. The predicted octanol–water partition coefficient (Wildman–Crippen LogP) is 1.73. The highest BCUT2D eigenvalue weighted by Gasteiger charge is 1.98. The summed E-state index contributed by atoms with van der Waals surface area (Å²) in [5.74, 6) is 0.925. The largest absolute Gasteiger partial charge is 0.366 e. The zero-order valence-electron chi connectivity index (χ0n) is 7.99. The molecule has 0 aliphatic heterocycles. The van der Waals surface area contributed by atoms with Gasteiger partial charge in [-0.25, -0.2) is 4.98 Å².